The van der Waals surface area contributed by atoms with Crippen molar-refractivity contribution in [2.45, 2.75) is 44.9 Å². The van der Waals surface area contributed by atoms with Crippen LogP contribution in [0.2, 0.25) is 0 Å². The van der Waals surface area contributed by atoms with E-state index in [-0.39, 0.29) is 12.5 Å². The lowest BCUT2D eigenvalue weighted by Gasteiger charge is -2.23. The van der Waals surface area contributed by atoms with Crippen LogP contribution < -0.4 is 0 Å². The Hall–Kier alpha value is -1.15. The fraction of sp³-hybridized carbons (Fsp3) is 0.562. The van der Waals surface area contributed by atoms with Crippen LogP contribution in [0.5, 0.6) is 0 Å². The summed E-state index contributed by atoms with van der Waals surface area (Å²) in [5, 5.41) is 8.71. The van der Waals surface area contributed by atoms with Crippen molar-refractivity contribution in [3.63, 3.8) is 0 Å². The minimum Gasteiger partial charge on any atom is -0.396 e. The third-order valence-electron chi connectivity index (χ3n) is 3.88. The van der Waals surface area contributed by atoms with E-state index in [1.54, 1.807) is 0 Å². The molecular formula is C16H22O2. The Balaban J connectivity index is 1.84. The monoisotopic (exact) mass is 246 g/mol. The fourth-order valence-electron chi connectivity index (χ4n) is 2.79. The smallest absolute Gasteiger partial charge is 0.166 e. The van der Waals surface area contributed by atoms with Crippen LogP contribution in [0.4, 0.5) is 0 Å². The Morgan fingerprint density at radius 2 is 1.89 bits per heavy atom. The molecule has 0 saturated heterocycles. The van der Waals surface area contributed by atoms with E-state index in [0.29, 0.717) is 5.78 Å². The van der Waals surface area contributed by atoms with Crippen molar-refractivity contribution in [2.24, 2.45) is 5.92 Å². The highest BCUT2D eigenvalue weighted by Crippen LogP contribution is 2.28. The summed E-state index contributed by atoms with van der Waals surface area (Å²) in [7, 11) is 0. The van der Waals surface area contributed by atoms with Gasteiger partial charge in [0, 0.05) is 18.1 Å². The molecule has 0 aliphatic heterocycles. The number of hydrogen-bond donors (Lipinski definition) is 1. The number of carbonyl (C=O) groups excluding carboxylic acids is 1. The van der Waals surface area contributed by atoms with Crippen LogP contribution in [-0.2, 0) is 6.42 Å². The summed E-state index contributed by atoms with van der Waals surface area (Å²) in [4.78, 5) is 12.3. The van der Waals surface area contributed by atoms with Gasteiger partial charge in [-0.15, -0.1) is 0 Å². The lowest BCUT2D eigenvalue weighted by molar-refractivity contribution is 0.0892. The Bertz CT molecular complexity index is 398. The lowest BCUT2D eigenvalue weighted by Crippen LogP contribution is -2.22. The first kappa shape index (κ1) is 13.3. The molecule has 2 rings (SSSR count). The fourth-order valence-corrected chi connectivity index (χ4v) is 2.79. The Labute approximate surface area is 109 Å². The van der Waals surface area contributed by atoms with Gasteiger partial charge in [0.05, 0.1) is 0 Å². The van der Waals surface area contributed by atoms with Gasteiger partial charge in [0.1, 0.15) is 0 Å². The molecule has 0 radical (unpaired) electrons. The molecule has 0 saturated carbocycles. The van der Waals surface area contributed by atoms with Crippen LogP contribution in [0, 0.1) is 5.92 Å². The number of Topliss-reactive ketones (excluding diaryl/α,β-unsaturated/α-hetero) is 1. The average molecular weight is 246 g/mol. The molecule has 1 aliphatic rings. The molecule has 0 fully saturated rings. The summed E-state index contributed by atoms with van der Waals surface area (Å²) in [5.41, 5.74) is 2.17. The summed E-state index contributed by atoms with van der Waals surface area (Å²) in [6, 6.07) is 8.02. The molecule has 0 spiro atoms. The van der Waals surface area contributed by atoms with Gasteiger partial charge in [0.25, 0.3) is 0 Å². The largest absolute Gasteiger partial charge is 0.396 e. The maximum absolute atomic E-state index is 12.3. The molecule has 2 nitrogen and oxygen atoms in total. The maximum atomic E-state index is 12.3. The molecule has 18 heavy (non-hydrogen) atoms. The van der Waals surface area contributed by atoms with E-state index in [0.717, 1.165) is 50.5 Å². The lowest BCUT2D eigenvalue weighted by atomic mass is 9.80. The summed E-state index contributed by atoms with van der Waals surface area (Å²) in [6.07, 6.45) is 7.28. The molecule has 1 unspecified atom stereocenters. The highest BCUT2D eigenvalue weighted by Gasteiger charge is 2.26. The highest BCUT2D eigenvalue weighted by molar-refractivity contribution is 6.00. The van der Waals surface area contributed by atoms with Gasteiger partial charge in [-0.05, 0) is 31.2 Å². The van der Waals surface area contributed by atoms with Gasteiger partial charge in [0.2, 0.25) is 0 Å². The maximum Gasteiger partial charge on any atom is 0.166 e. The zero-order chi connectivity index (χ0) is 12.8. The number of benzene rings is 1. The SMILES string of the molecule is O=C1c2ccccc2CCC1CCCCCCO. The van der Waals surface area contributed by atoms with Gasteiger partial charge < -0.3 is 5.11 Å². The van der Waals surface area contributed by atoms with E-state index in [9.17, 15) is 4.79 Å². The van der Waals surface area contributed by atoms with Crippen molar-refractivity contribution < 1.29 is 9.90 Å². The predicted octanol–water partition coefficient (Wildman–Crippen LogP) is 3.37. The van der Waals surface area contributed by atoms with Crippen LogP contribution in [0.3, 0.4) is 0 Å². The van der Waals surface area contributed by atoms with Crippen LogP contribution >= 0.6 is 0 Å². The Kier molecular flexibility index (Phi) is 4.94. The number of aliphatic hydroxyl groups excluding tert-OH is 1. The summed E-state index contributed by atoms with van der Waals surface area (Å²) >= 11 is 0. The summed E-state index contributed by atoms with van der Waals surface area (Å²) < 4.78 is 0. The van der Waals surface area contributed by atoms with Crippen molar-refractivity contribution in [2.75, 3.05) is 6.61 Å². The Morgan fingerprint density at radius 1 is 1.11 bits per heavy atom. The van der Waals surface area contributed by atoms with Gasteiger partial charge in [0.15, 0.2) is 5.78 Å². The van der Waals surface area contributed by atoms with E-state index in [1.165, 1.54) is 5.56 Å². The highest BCUT2D eigenvalue weighted by atomic mass is 16.2. The molecule has 1 aromatic carbocycles. The van der Waals surface area contributed by atoms with Gasteiger partial charge in [-0.1, -0.05) is 43.5 Å². The van der Waals surface area contributed by atoms with E-state index in [2.05, 4.69) is 6.07 Å². The molecule has 0 bridgehead atoms. The molecule has 0 amide bonds. The molecule has 1 aromatic rings. The Morgan fingerprint density at radius 3 is 2.72 bits per heavy atom. The predicted molar refractivity (Wildman–Crippen MR) is 72.8 cm³/mol. The standard InChI is InChI=1S/C16H22O2/c17-12-6-2-1-3-8-14-11-10-13-7-4-5-9-15(13)16(14)18/h4-5,7,9,14,17H,1-3,6,8,10-12H2. The third kappa shape index (κ3) is 3.20. The van der Waals surface area contributed by atoms with Gasteiger partial charge >= 0.3 is 0 Å². The van der Waals surface area contributed by atoms with E-state index in [4.69, 9.17) is 5.11 Å². The molecular weight excluding hydrogens is 224 g/mol. The number of ketones is 1. The van der Waals surface area contributed by atoms with Gasteiger partial charge in [-0.3, -0.25) is 4.79 Å². The third-order valence-corrected chi connectivity index (χ3v) is 3.88. The molecule has 0 aromatic heterocycles. The zero-order valence-electron chi connectivity index (χ0n) is 10.9. The zero-order valence-corrected chi connectivity index (χ0v) is 10.9. The molecule has 2 heteroatoms. The minimum atomic E-state index is 0.231. The van der Waals surface area contributed by atoms with E-state index < -0.39 is 0 Å². The summed E-state index contributed by atoms with van der Waals surface area (Å²) in [6.45, 7) is 0.287. The second-order valence-electron chi connectivity index (χ2n) is 5.18. The van der Waals surface area contributed by atoms with Gasteiger partial charge in [-0.2, -0.15) is 0 Å². The summed E-state index contributed by atoms with van der Waals surface area (Å²) in [5.74, 6) is 0.577. The average Bonchev–Trinajstić information content (AvgIpc) is 2.41. The first-order valence-electron chi connectivity index (χ1n) is 7.06. The first-order valence-corrected chi connectivity index (χ1v) is 7.06. The van der Waals surface area contributed by atoms with Crippen molar-refractivity contribution >= 4 is 5.78 Å². The molecule has 0 heterocycles. The quantitative estimate of drug-likeness (QED) is 0.781. The van der Waals surface area contributed by atoms with Crippen LogP contribution in [0.25, 0.3) is 0 Å². The number of unbranched alkanes of at least 4 members (excludes halogenated alkanes) is 3. The van der Waals surface area contributed by atoms with Crippen molar-refractivity contribution in [3.05, 3.63) is 35.4 Å². The number of fused-ring (bicyclic) bond motifs is 1. The normalized spacial score (nSPS) is 18.7. The van der Waals surface area contributed by atoms with Crippen molar-refractivity contribution in [1.82, 2.24) is 0 Å². The number of hydrogen-bond acceptors (Lipinski definition) is 2. The van der Waals surface area contributed by atoms with Crippen LogP contribution in [0.15, 0.2) is 24.3 Å². The second-order valence-corrected chi connectivity index (χ2v) is 5.18. The van der Waals surface area contributed by atoms with E-state index >= 15 is 0 Å². The molecule has 1 aliphatic carbocycles. The first-order chi connectivity index (χ1) is 8.83. The molecule has 1 N–H and O–H groups in total. The van der Waals surface area contributed by atoms with Crippen LogP contribution in [0.1, 0.15) is 54.4 Å². The number of carbonyl (C=O) groups is 1. The van der Waals surface area contributed by atoms with E-state index in [1.807, 2.05) is 18.2 Å². The number of aryl methyl sites for hydroxylation is 1. The minimum absolute atomic E-state index is 0.231. The topological polar surface area (TPSA) is 37.3 Å². The molecule has 98 valence electrons. The number of aliphatic hydroxyl groups is 1. The number of rotatable bonds is 6. The molecule has 1 atom stereocenters. The van der Waals surface area contributed by atoms with Crippen molar-refractivity contribution in [3.8, 4) is 0 Å². The van der Waals surface area contributed by atoms with Crippen LogP contribution in [-0.4, -0.2) is 17.5 Å². The van der Waals surface area contributed by atoms with Crippen molar-refractivity contribution in [1.29, 1.82) is 0 Å². The second kappa shape index (κ2) is 6.69. The van der Waals surface area contributed by atoms with Gasteiger partial charge in [-0.25, -0.2) is 0 Å².